The molecule has 2 heterocycles. The Bertz CT molecular complexity index is 477. The zero-order valence-electron chi connectivity index (χ0n) is 11.3. The highest BCUT2D eigenvalue weighted by Crippen LogP contribution is 2.40. The van der Waals surface area contributed by atoms with Crippen LogP contribution in [0.3, 0.4) is 0 Å². The van der Waals surface area contributed by atoms with Crippen molar-refractivity contribution in [3.05, 3.63) is 27.7 Å². The van der Waals surface area contributed by atoms with E-state index in [-0.39, 0.29) is 0 Å². The van der Waals surface area contributed by atoms with Gasteiger partial charge in [-0.15, -0.1) is 0 Å². The van der Waals surface area contributed by atoms with Crippen LogP contribution < -0.4 is 10.1 Å². The van der Waals surface area contributed by atoms with E-state index in [2.05, 4.69) is 17.1 Å². The van der Waals surface area contributed by atoms with Gasteiger partial charge in [0.05, 0.1) is 11.6 Å². The van der Waals surface area contributed by atoms with Crippen LogP contribution in [0.15, 0.2) is 12.1 Å². The van der Waals surface area contributed by atoms with Crippen molar-refractivity contribution in [1.82, 2.24) is 5.32 Å². The molecule has 0 aromatic heterocycles. The van der Waals surface area contributed by atoms with E-state index in [4.69, 9.17) is 27.9 Å². The first kappa shape index (κ1) is 14.8. The molecule has 0 bridgehead atoms. The van der Waals surface area contributed by atoms with Crippen molar-refractivity contribution in [3.8, 4) is 5.75 Å². The van der Waals surface area contributed by atoms with Gasteiger partial charge in [0.25, 0.3) is 0 Å². The molecule has 2 aliphatic heterocycles. The second-order valence-electron chi connectivity index (χ2n) is 5.39. The molecule has 0 aliphatic carbocycles. The third-order valence-electron chi connectivity index (χ3n) is 3.93. The number of thioether (sulfide) groups is 1. The minimum atomic E-state index is 0.303. The molecule has 1 N–H and O–H groups in total. The fourth-order valence-corrected chi connectivity index (χ4v) is 4.70. The summed E-state index contributed by atoms with van der Waals surface area (Å²) in [5.41, 5.74) is 1.11. The van der Waals surface area contributed by atoms with E-state index in [1.165, 1.54) is 25.0 Å². The zero-order valence-corrected chi connectivity index (χ0v) is 13.7. The predicted molar refractivity (Wildman–Crippen MR) is 87.4 cm³/mol. The van der Waals surface area contributed by atoms with E-state index in [0.717, 1.165) is 29.5 Å². The molecule has 3 rings (SSSR count). The summed E-state index contributed by atoms with van der Waals surface area (Å²) in [6.07, 6.45) is 5.03. The molecule has 2 nitrogen and oxygen atoms in total. The van der Waals surface area contributed by atoms with Crippen molar-refractivity contribution >= 4 is 35.0 Å². The van der Waals surface area contributed by atoms with Gasteiger partial charge in [-0.05, 0) is 30.7 Å². The standard InChI is InChI=1S/C15H19Cl2NOS/c16-10-7-12-14(4-5-19-15(12)13(17)8-10)18-9-11-3-1-2-6-20-11/h7-8,11,14,18H,1-6,9H2. The van der Waals surface area contributed by atoms with Gasteiger partial charge >= 0.3 is 0 Å². The minimum Gasteiger partial charge on any atom is -0.492 e. The Kier molecular flexibility index (Phi) is 5.03. The normalized spacial score (nSPS) is 25.9. The lowest BCUT2D eigenvalue weighted by Gasteiger charge is -2.30. The molecule has 0 amide bonds. The van der Waals surface area contributed by atoms with Gasteiger partial charge in [-0.25, -0.2) is 0 Å². The zero-order chi connectivity index (χ0) is 13.9. The van der Waals surface area contributed by atoms with Gasteiger partial charge in [0.2, 0.25) is 0 Å². The van der Waals surface area contributed by atoms with Gasteiger partial charge in [-0.3, -0.25) is 0 Å². The predicted octanol–water partition coefficient (Wildman–Crippen LogP) is 4.69. The van der Waals surface area contributed by atoms with Crippen LogP contribution in [-0.4, -0.2) is 24.2 Å². The fraction of sp³-hybridized carbons (Fsp3) is 0.600. The molecule has 20 heavy (non-hydrogen) atoms. The second-order valence-corrected chi connectivity index (χ2v) is 7.64. The van der Waals surface area contributed by atoms with Crippen molar-refractivity contribution in [2.75, 3.05) is 18.9 Å². The summed E-state index contributed by atoms with van der Waals surface area (Å²) in [6.45, 7) is 1.77. The van der Waals surface area contributed by atoms with E-state index in [1.807, 2.05) is 6.07 Å². The van der Waals surface area contributed by atoms with E-state index in [1.54, 1.807) is 6.07 Å². The Morgan fingerprint density at radius 2 is 2.15 bits per heavy atom. The highest BCUT2D eigenvalue weighted by molar-refractivity contribution is 7.99. The van der Waals surface area contributed by atoms with E-state index in [0.29, 0.717) is 22.7 Å². The second kappa shape index (κ2) is 6.78. The molecule has 110 valence electrons. The third kappa shape index (κ3) is 3.38. The summed E-state index contributed by atoms with van der Waals surface area (Å²) < 4.78 is 5.70. The number of rotatable bonds is 3. The molecule has 1 saturated heterocycles. The van der Waals surface area contributed by atoms with Crippen LogP contribution in [0.2, 0.25) is 10.0 Å². The average molecular weight is 332 g/mol. The monoisotopic (exact) mass is 331 g/mol. The number of ether oxygens (including phenoxy) is 1. The minimum absolute atomic E-state index is 0.303. The SMILES string of the molecule is Clc1cc(Cl)c2c(c1)C(NCC1CCCCS1)CCO2. The Morgan fingerprint density at radius 3 is 2.95 bits per heavy atom. The van der Waals surface area contributed by atoms with Gasteiger partial charge in [-0.2, -0.15) is 11.8 Å². The molecular formula is C15H19Cl2NOS. The quantitative estimate of drug-likeness (QED) is 0.867. The summed E-state index contributed by atoms with van der Waals surface area (Å²) in [5.74, 6) is 2.10. The summed E-state index contributed by atoms with van der Waals surface area (Å²) in [4.78, 5) is 0. The number of halogens is 2. The molecule has 2 unspecified atom stereocenters. The van der Waals surface area contributed by atoms with Crippen LogP contribution in [0, 0.1) is 0 Å². The third-order valence-corrected chi connectivity index (χ3v) is 5.83. The van der Waals surface area contributed by atoms with E-state index in [9.17, 15) is 0 Å². The molecule has 5 heteroatoms. The Balaban J connectivity index is 1.69. The van der Waals surface area contributed by atoms with E-state index >= 15 is 0 Å². The molecule has 0 saturated carbocycles. The maximum atomic E-state index is 6.22. The van der Waals surface area contributed by atoms with Gasteiger partial charge in [-0.1, -0.05) is 29.6 Å². The highest BCUT2D eigenvalue weighted by atomic mass is 35.5. The largest absolute Gasteiger partial charge is 0.492 e. The number of hydrogen-bond donors (Lipinski definition) is 1. The molecule has 0 spiro atoms. The summed E-state index contributed by atoms with van der Waals surface area (Å²) in [7, 11) is 0. The van der Waals surface area contributed by atoms with Crippen LogP contribution in [-0.2, 0) is 0 Å². The molecule has 1 aromatic rings. The van der Waals surface area contributed by atoms with Crippen molar-refractivity contribution in [3.63, 3.8) is 0 Å². The van der Waals surface area contributed by atoms with Gasteiger partial charge < -0.3 is 10.1 Å². The lowest BCUT2D eigenvalue weighted by atomic mass is 10.00. The van der Waals surface area contributed by atoms with E-state index < -0.39 is 0 Å². The van der Waals surface area contributed by atoms with Crippen LogP contribution in [0.1, 0.15) is 37.3 Å². The number of benzene rings is 1. The first-order chi connectivity index (χ1) is 9.74. The van der Waals surface area contributed by atoms with Crippen LogP contribution in [0.25, 0.3) is 0 Å². The Hall–Kier alpha value is -0.0900. The lowest BCUT2D eigenvalue weighted by Crippen LogP contribution is -2.33. The first-order valence-electron chi connectivity index (χ1n) is 7.21. The first-order valence-corrected chi connectivity index (χ1v) is 9.01. The molecule has 2 aliphatic rings. The molecule has 0 radical (unpaired) electrons. The molecular weight excluding hydrogens is 313 g/mol. The highest BCUT2D eigenvalue weighted by Gasteiger charge is 2.25. The molecule has 1 aromatic carbocycles. The summed E-state index contributed by atoms with van der Waals surface area (Å²) in [5, 5.41) is 5.72. The van der Waals surface area contributed by atoms with Crippen molar-refractivity contribution in [2.45, 2.75) is 37.0 Å². The topological polar surface area (TPSA) is 21.3 Å². The lowest BCUT2D eigenvalue weighted by molar-refractivity contribution is 0.253. The van der Waals surface area contributed by atoms with Crippen molar-refractivity contribution < 1.29 is 4.74 Å². The Labute approximate surface area is 134 Å². The molecule has 2 atom stereocenters. The summed E-state index contributed by atoms with van der Waals surface area (Å²) >= 11 is 14.4. The number of fused-ring (bicyclic) bond motifs is 1. The number of nitrogens with one attached hydrogen (secondary N) is 1. The average Bonchev–Trinajstić information content (AvgIpc) is 2.46. The maximum Gasteiger partial charge on any atom is 0.142 e. The number of hydrogen-bond acceptors (Lipinski definition) is 3. The van der Waals surface area contributed by atoms with Crippen LogP contribution in [0.5, 0.6) is 5.75 Å². The fourth-order valence-electron chi connectivity index (χ4n) is 2.88. The van der Waals surface area contributed by atoms with Crippen molar-refractivity contribution in [2.24, 2.45) is 0 Å². The summed E-state index contributed by atoms with van der Waals surface area (Å²) in [6, 6.07) is 4.03. The van der Waals surface area contributed by atoms with Crippen LogP contribution >= 0.6 is 35.0 Å². The van der Waals surface area contributed by atoms with Crippen molar-refractivity contribution in [1.29, 1.82) is 0 Å². The van der Waals surface area contributed by atoms with Gasteiger partial charge in [0.15, 0.2) is 0 Å². The maximum absolute atomic E-state index is 6.22. The van der Waals surface area contributed by atoms with Crippen LogP contribution in [0.4, 0.5) is 0 Å². The molecule has 1 fully saturated rings. The van der Waals surface area contributed by atoms with Gasteiger partial charge in [0, 0.05) is 34.8 Å². The smallest absolute Gasteiger partial charge is 0.142 e. The Morgan fingerprint density at radius 1 is 1.25 bits per heavy atom. The van der Waals surface area contributed by atoms with Gasteiger partial charge in [0.1, 0.15) is 5.75 Å².